The first-order valence-electron chi connectivity index (χ1n) is 10.1. The Balaban J connectivity index is 1.51. The third-order valence-corrected chi connectivity index (χ3v) is 6.55. The molecule has 0 saturated heterocycles. The number of rotatable bonds is 4. The molecule has 0 radical (unpaired) electrons. The second kappa shape index (κ2) is 7.94. The molecule has 4 nitrogen and oxygen atoms in total. The number of benzene rings is 2. The van der Waals surface area contributed by atoms with Gasteiger partial charge in [-0.25, -0.2) is 0 Å². The highest BCUT2D eigenvalue weighted by molar-refractivity contribution is 7.13. The summed E-state index contributed by atoms with van der Waals surface area (Å²) in [5.41, 5.74) is 6.39. The van der Waals surface area contributed by atoms with Crippen molar-refractivity contribution in [2.24, 2.45) is 0 Å². The van der Waals surface area contributed by atoms with Gasteiger partial charge in [0.15, 0.2) is 0 Å². The average Bonchev–Trinajstić information content (AvgIpc) is 3.41. The number of para-hydroxylation sites is 1. The largest absolute Gasteiger partial charge is 0.341 e. The molecule has 0 aliphatic carbocycles. The third-order valence-electron chi connectivity index (χ3n) is 5.63. The van der Waals surface area contributed by atoms with Crippen molar-refractivity contribution in [2.45, 2.75) is 19.6 Å². The average molecular weight is 414 g/mol. The van der Waals surface area contributed by atoms with Gasteiger partial charge in [-0.05, 0) is 60.0 Å². The van der Waals surface area contributed by atoms with Gasteiger partial charge in [-0.3, -0.25) is 4.79 Å². The molecule has 1 amide bonds. The number of nitrogens with zero attached hydrogens (tertiary/aromatic N) is 2. The van der Waals surface area contributed by atoms with Crippen molar-refractivity contribution in [3.63, 3.8) is 0 Å². The number of aromatic nitrogens is 1. The van der Waals surface area contributed by atoms with Crippen molar-refractivity contribution in [2.75, 3.05) is 11.9 Å². The molecule has 5 rings (SSSR count). The van der Waals surface area contributed by atoms with E-state index in [0.29, 0.717) is 12.1 Å². The highest BCUT2D eigenvalue weighted by atomic mass is 32.1. The Morgan fingerprint density at radius 1 is 0.967 bits per heavy atom. The van der Waals surface area contributed by atoms with Crippen molar-refractivity contribution in [1.82, 2.24) is 9.88 Å². The summed E-state index contributed by atoms with van der Waals surface area (Å²) in [6.07, 6.45) is 0. The fourth-order valence-electron chi connectivity index (χ4n) is 4.12. The van der Waals surface area contributed by atoms with Gasteiger partial charge in [0.25, 0.3) is 5.91 Å². The summed E-state index contributed by atoms with van der Waals surface area (Å²) >= 11 is 1.71. The smallest absolute Gasteiger partial charge is 0.258 e. The Hall–Kier alpha value is -3.15. The number of anilines is 1. The van der Waals surface area contributed by atoms with Gasteiger partial charge in [-0.1, -0.05) is 36.4 Å². The minimum absolute atomic E-state index is 0.0324. The Labute approximate surface area is 180 Å². The Morgan fingerprint density at radius 2 is 1.80 bits per heavy atom. The van der Waals surface area contributed by atoms with E-state index < -0.39 is 0 Å². The zero-order valence-electron chi connectivity index (χ0n) is 16.8. The van der Waals surface area contributed by atoms with E-state index in [-0.39, 0.29) is 5.91 Å². The molecular formula is C25H23N3OS. The molecule has 2 aromatic heterocycles. The quantitative estimate of drug-likeness (QED) is 0.503. The first-order chi connectivity index (χ1) is 14.7. The molecule has 30 heavy (non-hydrogen) atoms. The lowest BCUT2D eigenvalue weighted by atomic mass is 10.1. The van der Waals surface area contributed by atoms with E-state index in [0.717, 1.165) is 35.6 Å². The Bertz CT molecular complexity index is 1180. The molecule has 150 valence electrons. The molecule has 5 heteroatoms. The molecule has 0 bridgehead atoms. The minimum atomic E-state index is 0.0324. The molecule has 0 fully saturated rings. The highest BCUT2D eigenvalue weighted by Gasteiger charge is 2.25. The summed E-state index contributed by atoms with van der Waals surface area (Å²) in [6, 6.07) is 24.6. The van der Waals surface area contributed by atoms with Gasteiger partial charge in [0.1, 0.15) is 0 Å². The van der Waals surface area contributed by atoms with E-state index in [1.54, 1.807) is 11.3 Å². The molecule has 0 atom stereocenters. The van der Waals surface area contributed by atoms with Gasteiger partial charge < -0.3 is 14.8 Å². The fourth-order valence-corrected chi connectivity index (χ4v) is 4.85. The molecule has 4 aromatic rings. The molecule has 1 N–H and O–H groups in total. The minimum Gasteiger partial charge on any atom is -0.341 e. The summed E-state index contributed by atoms with van der Waals surface area (Å²) in [6.45, 7) is 2.14. The molecule has 0 spiro atoms. The Kier molecular flexibility index (Phi) is 4.99. The van der Waals surface area contributed by atoms with E-state index in [1.165, 1.54) is 10.6 Å². The van der Waals surface area contributed by atoms with Crippen molar-refractivity contribution >= 4 is 22.9 Å². The van der Waals surface area contributed by atoms with Crippen molar-refractivity contribution < 1.29 is 4.79 Å². The van der Waals surface area contributed by atoms with Gasteiger partial charge >= 0.3 is 0 Å². The summed E-state index contributed by atoms with van der Waals surface area (Å²) in [4.78, 5) is 16.7. The van der Waals surface area contributed by atoms with Crippen molar-refractivity contribution in [3.8, 4) is 10.4 Å². The van der Waals surface area contributed by atoms with E-state index in [9.17, 15) is 4.79 Å². The third kappa shape index (κ3) is 3.36. The number of hydrogen-bond donors (Lipinski definition) is 1. The topological polar surface area (TPSA) is 37.3 Å². The van der Waals surface area contributed by atoms with E-state index in [1.807, 2.05) is 54.4 Å². The number of fused-ring (bicyclic) bond motifs is 2. The van der Waals surface area contributed by atoms with Crippen LogP contribution in [0.3, 0.4) is 0 Å². The van der Waals surface area contributed by atoms with Crippen LogP contribution >= 0.6 is 11.3 Å². The van der Waals surface area contributed by atoms with Crippen molar-refractivity contribution in [1.29, 1.82) is 0 Å². The maximum Gasteiger partial charge on any atom is 0.258 e. The van der Waals surface area contributed by atoms with Crippen LogP contribution in [0.4, 0.5) is 5.69 Å². The summed E-state index contributed by atoms with van der Waals surface area (Å²) in [5.74, 6) is 0.0324. The van der Waals surface area contributed by atoms with Crippen LogP contribution in [0.1, 0.15) is 27.3 Å². The van der Waals surface area contributed by atoms with E-state index in [4.69, 9.17) is 0 Å². The number of amides is 1. The van der Waals surface area contributed by atoms with Crippen LogP contribution in [0.15, 0.2) is 78.2 Å². The normalized spacial score (nSPS) is 12.9. The first kappa shape index (κ1) is 18.9. The lowest BCUT2D eigenvalue weighted by Crippen LogP contribution is -2.30. The fraction of sp³-hybridized carbons (Fsp3) is 0.160. The van der Waals surface area contributed by atoms with Gasteiger partial charge in [-0.2, -0.15) is 0 Å². The molecule has 1 aliphatic rings. The number of nitrogens with one attached hydrogen (secondary N) is 1. The number of thiophene rings is 1. The van der Waals surface area contributed by atoms with Crippen LogP contribution in [0.2, 0.25) is 0 Å². The molecular weight excluding hydrogens is 390 g/mol. The zero-order chi connectivity index (χ0) is 20.5. The van der Waals surface area contributed by atoms with Crippen LogP contribution in [0.25, 0.3) is 10.4 Å². The number of carbonyl (C=O) groups is 1. The van der Waals surface area contributed by atoms with Gasteiger partial charge in [0.05, 0.1) is 6.54 Å². The van der Waals surface area contributed by atoms with Crippen molar-refractivity contribution in [3.05, 3.63) is 101 Å². The summed E-state index contributed by atoms with van der Waals surface area (Å²) < 4.78 is 2.32. The first-order valence-corrected chi connectivity index (χ1v) is 11.0. The lowest BCUT2D eigenvalue weighted by Gasteiger charge is -2.23. The molecule has 2 aromatic carbocycles. The van der Waals surface area contributed by atoms with Gasteiger partial charge in [-0.15, -0.1) is 11.3 Å². The Morgan fingerprint density at radius 3 is 2.57 bits per heavy atom. The van der Waals surface area contributed by atoms with Crippen LogP contribution < -0.4 is 10.2 Å². The highest BCUT2D eigenvalue weighted by Crippen LogP contribution is 2.31. The second-order valence-corrected chi connectivity index (χ2v) is 8.45. The molecule has 3 heterocycles. The predicted molar refractivity (Wildman–Crippen MR) is 123 cm³/mol. The van der Waals surface area contributed by atoms with Crippen LogP contribution in [-0.2, 0) is 19.6 Å². The molecule has 0 saturated carbocycles. The van der Waals surface area contributed by atoms with Crippen LogP contribution in [0, 0.1) is 0 Å². The van der Waals surface area contributed by atoms with Gasteiger partial charge in [0.2, 0.25) is 0 Å². The molecule has 1 aliphatic heterocycles. The SMILES string of the molecule is CNCc1ccc2n1Cc1ccccc1N(C(=O)c1ccc(-c3cccs3)cc1)C2. The van der Waals surface area contributed by atoms with Crippen LogP contribution in [-0.4, -0.2) is 17.5 Å². The maximum absolute atomic E-state index is 13.6. The lowest BCUT2D eigenvalue weighted by molar-refractivity contribution is 0.0985. The van der Waals surface area contributed by atoms with E-state index >= 15 is 0 Å². The standard InChI is InChI=1S/C25H23N3OS/c1-26-15-21-12-13-22-17-28(23-6-3-2-5-20(23)16-27(21)22)25(29)19-10-8-18(9-11-19)24-7-4-14-30-24/h2-14,26H,15-17H2,1H3. The molecule has 0 unspecified atom stereocenters. The number of hydrogen-bond acceptors (Lipinski definition) is 3. The predicted octanol–water partition coefficient (Wildman–Crippen LogP) is 5.14. The summed E-state index contributed by atoms with van der Waals surface area (Å²) in [5, 5.41) is 5.31. The van der Waals surface area contributed by atoms with Gasteiger partial charge in [0, 0.05) is 40.6 Å². The maximum atomic E-state index is 13.6. The number of carbonyl (C=O) groups excluding carboxylic acids is 1. The second-order valence-electron chi connectivity index (χ2n) is 7.51. The zero-order valence-corrected chi connectivity index (χ0v) is 17.7. The van der Waals surface area contributed by atoms with E-state index in [2.05, 4.69) is 45.6 Å². The van der Waals surface area contributed by atoms with Crippen LogP contribution in [0.5, 0.6) is 0 Å². The summed E-state index contributed by atoms with van der Waals surface area (Å²) in [7, 11) is 1.96. The monoisotopic (exact) mass is 413 g/mol.